The first-order valence-electron chi connectivity index (χ1n) is 9.81. The van der Waals surface area contributed by atoms with E-state index in [1.165, 1.54) is 36.7 Å². The lowest BCUT2D eigenvalue weighted by Gasteiger charge is -2.23. The average molecular weight is 426 g/mol. The molecule has 162 valence electrons. The third kappa shape index (κ3) is 6.29. The molecular formula is C21H31NO6S. The second kappa shape index (κ2) is 10.8. The zero-order valence-electron chi connectivity index (χ0n) is 17.4. The first kappa shape index (κ1) is 23.4. The molecule has 0 N–H and O–H groups in total. The molecular weight excluding hydrogens is 394 g/mol. The maximum atomic E-state index is 12.9. The van der Waals surface area contributed by atoms with Gasteiger partial charge in [-0.15, -0.1) is 6.58 Å². The molecule has 1 aliphatic heterocycles. The lowest BCUT2D eigenvalue weighted by molar-refractivity contribution is 0.0483. The van der Waals surface area contributed by atoms with E-state index >= 15 is 0 Å². The molecule has 1 atom stereocenters. The van der Waals surface area contributed by atoms with Gasteiger partial charge in [-0.1, -0.05) is 13.0 Å². The molecule has 29 heavy (non-hydrogen) atoms. The number of nitrogens with zero attached hydrogens (tertiary/aromatic N) is 1. The van der Waals surface area contributed by atoms with E-state index in [1.54, 1.807) is 6.08 Å². The van der Waals surface area contributed by atoms with Crippen molar-refractivity contribution in [1.82, 2.24) is 4.31 Å². The molecule has 1 heterocycles. The van der Waals surface area contributed by atoms with E-state index < -0.39 is 16.0 Å². The second-order valence-electron chi connectivity index (χ2n) is 7.34. The van der Waals surface area contributed by atoms with Crippen LogP contribution in [0.15, 0.2) is 35.7 Å². The standard InChI is InChI=1S/C21H31NO6S/c1-5-16(2)8-11-22(3)29(24,25)18-6-7-20(19(14-18)21(23)26-4)28-15-17-9-12-27-13-10-17/h5-7,14,16-17H,1,8-13,15H2,2-4H3. The largest absolute Gasteiger partial charge is 0.492 e. The normalized spacial score (nSPS) is 16.4. The molecule has 0 aliphatic carbocycles. The summed E-state index contributed by atoms with van der Waals surface area (Å²) in [6.45, 7) is 7.90. The number of hydrogen-bond acceptors (Lipinski definition) is 6. The van der Waals surface area contributed by atoms with Crippen LogP contribution in [-0.4, -0.2) is 59.2 Å². The summed E-state index contributed by atoms with van der Waals surface area (Å²) in [5, 5.41) is 0. The number of ether oxygens (including phenoxy) is 3. The number of rotatable bonds is 10. The monoisotopic (exact) mass is 425 g/mol. The van der Waals surface area contributed by atoms with E-state index in [2.05, 4.69) is 6.58 Å². The highest BCUT2D eigenvalue weighted by atomic mass is 32.2. The zero-order chi connectivity index (χ0) is 21.4. The third-order valence-corrected chi connectivity index (χ3v) is 7.03. The Labute approximate surface area is 173 Å². The first-order chi connectivity index (χ1) is 13.8. The summed E-state index contributed by atoms with van der Waals surface area (Å²) in [6.07, 6.45) is 4.25. The number of esters is 1. The molecule has 1 unspecified atom stereocenters. The van der Waals surface area contributed by atoms with E-state index in [0.717, 1.165) is 12.8 Å². The molecule has 0 radical (unpaired) electrons. The van der Waals surface area contributed by atoms with E-state index in [9.17, 15) is 13.2 Å². The molecule has 0 amide bonds. The van der Waals surface area contributed by atoms with E-state index in [4.69, 9.17) is 14.2 Å². The highest BCUT2D eigenvalue weighted by Crippen LogP contribution is 2.27. The van der Waals surface area contributed by atoms with Gasteiger partial charge < -0.3 is 14.2 Å². The lowest BCUT2D eigenvalue weighted by atomic mass is 10.0. The van der Waals surface area contributed by atoms with Gasteiger partial charge in [0.05, 0.1) is 18.6 Å². The maximum absolute atomic E-state index is 12.9. The van der Waals surface area contributed by atoms with Gasteiger partial charge in [0.25, 0.3) is 0 Å². The van der Waals surface area contributed by atoms with Gasteiger partial charge in [-0.05, 0) is 49.3 Å². The molecule has 1 fully saturated rings. The molecule has 2 rings (SSSR count). The molecule has 7 nitrogen and oxygen atoms in total. The van der Waals surface area contributed by atoms with E-state index in [-0.39, 0.29) is 16.4 Å². The molecule has 8 heteroatoms. The Morgan fingerprint density at radius 3 is 2.69 bits per heavy atom. The molecule has 1 aliphatic rings. The number of carbonyl (C=O) groups excluding carboxylic acids is 1. The molecule has 0 aromatic heterocycles. The fourth-order valence-electron chi connectivity index (χ4n) is 2.99. The lowest BCUT2D eigenvalue weighted by Crippen LogP contribution is -2.29. The third-order valence-electron chi connectivity index (χ3n) is 5.18. The van der Waals surface area contributed by atoms with Gasteiger partial charge in [0.2, 0.25) is 10.0 Å². The van der Waals surface area contributed by atoms with Crippen molar-refractivity contribution in [2.24, 2.45) is 11.8 Å². The highest BCUT2D eigenvalue weighted by Gasteiger charge is 2.25. The molecule has 1 aromatic carbocycles. The summed E-state index contributed by atoms with van der Waals surface area (Å²) in [7, 11) is -0.955. The van der Waals surface area contributed by atoms with Crippen molar-refractivity contribution in [1.29, 1.82) is 0 Å². The van der Waals surface area contributed by atoms with Gasteiger partial charge in [-0.2, -0.15) is 0 Å². The summed E-state index contributed by atoms with van der Waals surface area (Å²) in [4.78, 5) is 12.3. The van der Waals surface area contributed by atoms with Crippen LogP contribution in [0.2, 0.25) is 0 Å². The topological polar surface area (TPSA) is 82.1 Å². The quantitative estimate of drug-likeness (QED) is 0.423. The van der Waals surface area contributed by atoms with Crippen LogP contribution >= 0.6 is 0 Å². The van der Waals surface area contributed by atoms with Crippen molar-refractivity contribution in [3.8, 4) is 5.75 Å². The predicted molar refractivity (Wildman–Crippen MR) is 111 cm³/mol. The van der Waals surface area contributed by atoms with Crippen LogP contribution in [0.25, 0.3) is 0 Å². The Hall–Kier alpha value is -1.90. The van der Waals surface area contributed by atoms with Crippen LogP contribution in [-0.2, 0) is 19.5 Å². The van der Waals surface area contributed by atoms with Gasteiger partial charge in [-0.25, -0.2) is 17.5 Å². The predicted octanol–water partition coefficient (Wildman–Crippen LogP) is 3.11. The smallest absolute Gasteiger partial charge is 0.341 e. The van der Waals surface area contributed by atoms with Crippen molar-refractivity contribution in [3.05, 3.63) is 36.4 Å². The average Bonchev–Trinajstić information content (AvgIpc) is 2.75. The minimum Gasteiger partial charge on any atom is -0.492 e. The van der Waals surface area contributed by atoms with Gasteiger partial charge in [-0.3, -0.25) is 0 Å². The Bertz CT molecular complexity index is 801. The first-order valence-corrected chi connectivity index (χ1v) is 11.3. The summed E-state index contributed by atoms with van der Waals surface area (Å²) >= 11 is 0. The van der Waals surface area contributed by atoms with Crippen molar-refractivity contribution in [2.75, 3.05) is 40.5 Å². The van der Waals surface area contributed by atoms with Crippen molar-refractivity contribution in [2.45, 2.75) is 31.1 Å². The Kier molecular flexibility index (Phi) is 8.67. The zero-order valence-corrected chi connectivity index (χ0v) is 18.2. The molecule has 1 aromatic rings. The van der Waals surface area contributed by atoms with Crippen LogP contribution in [0, 0.1) is 11.8 Å². The number of carbonyl (C=O) groups is 1. The van der Waals surface area contributed by atoms with Crippen LogP contribution in [0.1, 0.15) is 36.5 Å². The van der Waals surface area contributed by atoms with Gasteiger partial charge in [0, 0.05) is 26.8 Å². The van der Waals surface area contributed by atoms with E-state index in [1.807, 2.05) is 6.92 Å². The van der Waals surface area contributed by atoms with Crippen LogP contribution in [0.5, 0.6) is 5.75 Å². The van der Waals surface area contributed by atoms with Crippen LogP contribution in [0.3, 0.4) is 0 Å². The van der Waals surface area contributed by atoms with Gasteiger partial charge in [0.1, 0.15) is 11.3 Å². The fraction of sp³-hybridized carbons (Fsp3) is 0.571. The Balaban J connectivity index is 2.20. The number of allylic oxidation sites excluding steroid dienone is 1. The van der Waals surface area contributed by atoms with Crippen molar-refractivity contribution < 1.29 is 27.4 Å². The molecule has 0 bridgehead atoms. The van der Waals surface area contributed by atoms with E-state index in [0.29, 0.717) is 44.5 Å². The SMILES string of the molecule is C=CC(C)CCN(C)S(=O)(=O)c1ccc(OCC2CCOCC2)c(C(=O)OC)c1. The van der Waals surface area contributed by atoms with Gasteiger partial charge >= 0.3 is 5.97 Å². The second-order valence-corrected chi connectivity index (χ2v) is 9.39. The summed E-state index contributed by atoms with van der Waals surface area (Å²) in [5.41, 5.74) is 0.105. The Morgan fingerprint density at radius 2 is 2.07 bits per heavy atom. The number of benzene rings is 1. The summed E-state index contributed by atoms with van der Waals surface area (Å²) in [5.74, 6) is 0.243. The minimum atomic E-state index is -3.74. The fourth-order valence-corrected chi connectivity index (χ4v) is 4.20. The minimum absolute atomic E-state index is 0.0325. The summed E-state index contributed by atoms with van der Waals surface area (Å²) < 4.78 is 43.1. The Morgan fingerprint density at radius 1 is 1.38 bits per heavy atom. The number of methoxy groups -OCH3 is 1. The van der Waals surface area contributed by atoms with Crippen molar-refractivity contribution >= 4 is 16.0 Å². The van der Waals surface area contributed by atoms with Gasteiger partial charge in [0.15, 0.2) is 0 Å². The van der Waals surface area contributed by atoms with Crippen LogP contribution in [0.4, 0.5) is 0 Å². The highest BCUT2D eigenvalue weighted by molar-refractivity contribution is 7.89. The summed E-state index contributed by atoms with van der Waals surface area (Å²) in [6, 6.07) is 4.32. The number of hydrogen-bond donors (Lipinski definition) is 0. The molecule has 1 saturated heterocycles. The maximum Gasteiger partial charge on any atom is 0.341 e. The number of sulfonamides is 1. The molecule has 0 spiro atoms. The molecule has 0 saturated carbocycles. The van der Waals surface area contributed by atoms with Crippen LogP contribution < -0.4 is 4.74 Å². The van der Waals surface area contributed by atoms with Crippen molar-refractivity contribution in [3.63, 3.8) is 0 Å².